The Labute approximate surface area is 135 Å². The van der Waals surface area contributed by atoms with E-state index in [9.17, 15) is 5.11 Å². The van der Waals surface area contributed by atoms with E-state index in [2.05, 4.69) is 39.3 Å². The van der Waals surface area contributed by atoms with Crippen molar-refractivity contribution in [1.29, 1.82) is 0 Å². The van der Waals surface area contributed by atoms with Gasteiger partial charge < -0.3 is 15.4 Å². The summed E-state index contributed by atoms with van der Waals surface area (Å²) in [6.07, 6.45) is 3.58. The predicted octanol–water partition coefficient (Wildman–Crippen LogP) is 2.84. The lowest BCUT2D eigenvalue weighted by molar-refractivity contribution is 0.273. The minimum absolute atomic E-state index is 0.0261. The molecule has 0 saturated heterocycles. The zero-order chi connectivity index (χ0) is 16.2. The fraction of sp³-hybridized carbons (Fsp3) is 0.333. The molecule has 5 nitrogen and oxygen atoms in total. The van der Waals surface area contributed by atoms with Crippen molar-refractivity contribution in [3.05, 3.63) is 53.5 Å². The molecule has 120 valence electrons. The molecule has 0 spiro atoms. The molecule has 23 heavy (non-hydrogen) atoms. The number of para-hydroxylation sites is 1. The van der Waals surface area contributed by atoms with Crippen LogP contribution in [0.1, 0.15) is 23.9 Å². The van der Waals surface area contributed by atoms with Crippen LogP contribution in [0.2, 0.25) is 0 Å². The van der Waals surface area contributed by atoms with Crippen LogP contribution in [0.3, 0.4) is 0 Å². The van der Waals surface area contributed by atoms with Gasteiger partial charge in [-0.3, -0.25) is 0 Å². The quantitative estimate of drug-likeness (QED) is 0.654. The maximum Gasteiger partial charge on any atom is 0.223 e. The van der Waals surface area contributed by atoms with Crippen LogP contribution >= 0.6 is 0 Å². The van der Waals surface area contributed by atoms with Gasteiger partial charge >= 0.3 is 0 Å². The summed E-state index contributed by atoms with van der Waals surface area (Å²) >= 11 is 0. The Morgan fingerprint density at radius 3 is 2.87 bits per heavy atom. The molecule has 3 aromatic rings. The second-order valence-electron chi connectivity index (χ2n) is 5.77. The molecular weight excluding hydrogens is 288 g/mol. The van der Waals surface area contributed by atoms with Crippen molar-refractivity contribution in [3.63, 3.8) is 0 Å². The number of anilines is 1. The molecule has 0 aliphatic heterocycles. The topological polar surface area (TPSA) is 73.8 Å². The molecule has 1 atom stereocenters. The highest BCUT2D eigenvalue weighted by Gasteiger charge is 2.13. The lowest BCUT2D eigenvalue weighted by atomic mass is 10.1. The molecule has 1 unspecified atom stereocenters. The molecule has 0 saturated carbocycles. The second kappa shape index (κ2) is 6.79. The van der Waals surface area contributed by atoms with Crippen molar-refractivity contribution in [2.75, 3.05) is 11.9 Å². The van der Waals surface area contributed by atoms with E-state index in [1.54, 1.807) is 0 Å². The molecule has 0 radical (unpaired) electrons. The first-order valence-corrected chi connectivity index (χ1v) is 7.96. The Kier molecular flexibility index (Phi) is 4.57. The minimum atomic E-state index is -0.124. The number of H-pyrrole nitrogens is 1. The van der Waals surface area contributed by atoms with Gasteiger partial charge in [0.1, 0.15) is 0 Å². The third-order valence-corrected chi connectivity index (χ3v) is 3.96. The number of hydrogen-bond donors (Lipinski definition) is 3. The smallest absolute Gasteiger partial charge is 0.223 e. The first kappa shape index (κ1) is 15.5. The number of aromatic amines is 1. The van der Waals surface area contributed by atoms with E-state index in [0.717, 1.165) is 23.3 Å². The molecule has 5 heteroatoms. The van der Waals surface area contributed by atoms with Crippen molar-refractivity contribution in [1.82, 2.24) is 15.0 Å². The van der Waals surface area contributed by atoms with Crippen LogP contribution in [0.25, 0.3) is 10.9 Å². The van der Waals surface area contributed by atoms with Crippen LogP contribution in [0.15, 0.2) is 36.5 Å². The lowest BCUT2D eigenvalue weighted by Crippen LogP contribution is -2.27. The number of nitrogens with zero attached hydrogens (tertiary/aromatic N) is 2. The number of hydrogen-bond acceptors (Lipinski definition) is 4. The van der Waals surface area contributed by atoms with E-state index < -0.39 is 0 Å². The maximum atomic E-state index is 9.73. The molecule has 0 bridgehead atoms. The van der Waals surface area contributed by atoms with E-state index in [-0.39, 0.29) is 12.6 Å². The van der Waals surface area contributed by atoms with Gasteiger partial charge in [-0.1, -0.05) is 25.1 Å². The molecule has 0 aliphatic carbocycles. The average molecular weight is 310 g/mol. The summed E-state index contributed by atoms with van der Waals surface area (Å²) in [4.78, 5) is 12.2. The van der Waals surface area contributed by atoms with Gasteiger partial charge in [0.05, 0.1) is 12.6 Å². The number of aliphatic hydroxyl groups excluding tert-OH is 1. The summed E-state index contributed by atoms with van der Waals surface area (Å²) in [6.45, 7) is 4.05. The van der Waals surface area contributed by atoms with Crippen molar-refractivity contribution < 1.29 is 5.11 Å². The lowest BCUT2D eigenvalue weighted by Gasteiger charge is -2.16. The van der Waals surface area contributed by atoms with E-state index in [4.69, 9.17) is 0 Å². The molecule has 0 fully saturated rings. The maximum absolute atomic E-state index is 9.73. The molecule has 0 amide bonds. The highest BCUT2D eigenvalue weighted by molar-refractivity contribution is 5.83. The number of fused-ring (bicyclic) bond motifs is 1. The van der Waals surface area contributed by atoms with Gasteiger partial charge in [0.25, 0.3) is 0 Å². The molecule has 3 N–H and O–H groups in total. The summed E-state index contributed by atoms with van der Waals surface area (Å²) in [5.74, 6) is 0.584. The Morgan fingerprint density at radius 2 is 2.09 bits per heavy atom. The van der Waals surface area contributed by atoms with Crippen LogP contribution in [0.4, 0.5) is 5.95 Å². The molecule has 1 aromatic carbocycles. The Hall–Kier alpha value is -2.40. The Morgan fingerprint density at radius 1 is 1.26 bits per heavy atom. The van der Waals surface area contributed by atoms with Crippen molar-refractivity contribution >= 4 is 16.9 Å². The van der Waals surface area contributed by atoms with Crippen LogP contribution < -0.4 is 5.32 Å². The van der Waals surface area contributed by atoms with E-state index in [1.807, 2.05) is 31.3 Å². The number of nitrogens with one attached hydrogen (secondary N) is 2. The van der Waals surface area contributed by atoms with Crippen LogP contribution in [0.5, 0.6) is 0 Å². The molecule has 0 aliphatic rings. The van der Waals surface area contributed by atoms with Crippen LogP contribution in [-0.4, -0.2) is 32.7 Å². The van der Waals surface area contributed by atoms with Gasteiger partial charge in [-0.15, -0.1) is 0 Å². The average Bonchev–Trinajstić information content (AvgIpc) is 2.97. The van der Waals surface area contributed by atoms with Gasteiger partial charge in [0.15, 0.2) is 0 Å². The van der Waals surface area contributed by atoms with Gasteiger partial charge in [0, 0.05) is 28.5 Å². The largest absolute Gasteiger partial charge is 0.394 e. The Balaban J connectivity index is 1.79. The van der Waals surface area contributed by atoms with Gasteiger partial charge in [0.2, 0.25) is 5.95 Å². The SMILES string of the molecule is CCc1cc(C)nc(NC(CO)Cc2c[nH]c3ccccc23)n1. The molecule has 3 rings (SSSR count). The van der Waals surface area contributed by atoms with E-state index >= 15 is 0 Å². The van der Waals surface area contributed by atoms with Gasteiger partial charge in [-0.25, -0.2) is 9.97 Å². The van der Waals surface area contributed by atoms with Crippen molar-refractivity contribution in [2.45, 2.75) is 32.7 Å². The van der Waals surface area contributed by atoms with E-state index in [0.29, 0.717) is 12.4 Å². The summed E-state index contributed by atoms with van der Waals surface area (Å²) in [7, 11) is 0. The predicted molar refractivity (Wildman–Crippen MR) is 92.6 cm³/mol. The Bertz CT molecular complexity index is 797. The number of aryl methyl sites for hydroxylation is 2. The van der Waals surface area contributed by atoms with Crippen molar-refractivity contribution in [2.24, 2.45) is 0 Å². The summed E-state index contributed by atoms with van der Waals surface area (Å²) in [6, 6.07) is 10.0. The monoisotopic (exact) mass is 310 g/mol. The molecule has 2 heterocycles. The summed E-state index contributed by atoms with van der Waals surface area (Å²) in [5, 5.41) is 14.2. The number of aromatic nitrogens is 3. The van der Waals surface area contributed by atoms with Crippen molar-refractivity contribution in [3.8, 4) is 0 Å². The zero-order valence-electron chi connectivity index (χ0n) is 13.5. The van der Waals surface area contributed by atoms with Gasteiger partial charge in [-0.05, 0) is 37.5 Å². The first-order chi connectivity index (χ1) is 11.2. The fourth-order valence-electron chi connectivity index (χ4n) is 2.79. The van der Waals surface area contributed by atoms with Gasteiger partial charge in [-0.2, -0.15) is 0 Å². The molecule has 2 aromatic heterocycles. The fourth-order valence-corrected chi connectivity index (χ4v) is 2.79. The summed E-state index contributed by atoms with van der Waals surface area (Å²) < 4.78 is 0. The number of rotatable bonds is 6. The minimum Gasteiger partial charge on any atom is -0.394 e. The van der Waals surface area contributed by atoms with E-state index in [1.165, 1.54) is 10.9 Å². The summed E-state index contributed by atoms with van der Waals surface area (Å²) in [5.41, 5.74) is 4.22. The third-order valence-electron chi connectivity index (χ3n) is 3.96. The second-order valence-corrected chi connectivity index (χ2v) is 5.77. The molecular formula is C18H22N4O. The highest BCUT2D eigenvalue weighted by atomic mass is 16.3. The zero-order valence-corrected chi connectivity index (χ0v) is 13.5. The highest BCUT2D eigenvalue weighted by Crippen LogP contribution is 2.20. The van der Waals surface area contributed by atoms with Crippen LogP contribution in [-0.2, 0) is 12.8 Å². The van der Waals surface area contributed by atoms with Crippen LogP contribution in [0, 0.1) is 6.92 Å². The normalized spacial score (nSPS) is 12.5. The number of benzene rings is 1. The standard InChI is InChI=1S/C18H22N4O/c1-3-14-8-12(2)20-18(21-14)22-15(11-23)9-13-10-19-17-7-5-4-6-16(13)17/h4-8,10,15,19,23H,3,9,11H2,1-2H3,(H,20,21,22). The third kappa shape index (κ3) is 3.51. The first-order valence-electron chi connectivity index (χ1n) is 7.96. The number of aliphatic hydroxyl groups is 1.